The molecule has 0 saturated heterocycles. The van der Waals surface area contributed by atoms with Crippen molar-refractivity contribution in [2.24, 2.45) is 0 Å². The van der Waals surface area contributed by atoms with Crippen molar-refractivity contribution in [3.63, 3.8) is 0 Å². The maximum absolute atomic E-state index is 11.7. The van der Waals surface area contributed by atoms with E-state index in [9.17, 15) is 18.0 Å². The zero-order chi connectivity index (χ0) is 14.6. The molecule has 0 aliphatic rings. The highest BCUT2D eigenvalue weighted by Gasteiger charge is 2.26. The summed E-state index contributed by atoms with van der Waals surface area (Å²) in [4.78, 5) is 22.5. The molecule has 1 amide bonds. The van der Waals surface area contributed by atoms with E-state index in [4.69, 9.17) is 21.3 Å². The monoisotopic (exact) mass is 307 g/mol. The summed E-state index contributed by atoms with van der Waals surface area (Å²) >= 11 is 5.74. The molecule has 0 aliphatic carbocycles. The molecule has 0 fully saturated rings. The number of carboxylic acids is 1. The first-order chi connectivity index (χ1) is 8.70. The van der Waals surface area contributed by atoms with Gasteiger partial charge in [0.05, 0.1) is 10.6 Å². The Bertz CT molecular complexity index is 600. The molecule has 1 unspecified atom stereocenters. The smallest absolute Gasteiger partial charge is 0.327 e. The normalized spacial score (nSPS) is 12.7. The van der Waals surface area contributed by atoms with E-state index in [0.29, 0.717) is 0 Å². The molecule has 104 valence electrons. The first-order valence-corrected chi connectivity index (χ1v) is 6.93. The van der Waals surface area contributed by atoms with E-state index in [2.05, 4.69) is 0 Å². The Morgan fingerprint density at radius 3 is 2.37 bits per heavy atom. The molecule has 0 radical (unpaired) electrons. The lowest BCUT2D eigenvalue weighted by atomic mass is 10.2. The third-order valence-electron chi connectivity index (χ3n) is 2.10. The van der Waals surface area contributed by atoms with Gasteiger partial charge >= 0.3 is 5.97 Å². The van der Waals surface area contributed by atoms with Crippen LogP contribution in [0.15, 0.2) is 24.3 Å². The van der Waals surface area contributed by atoms with Gasteiger partial charge in [-0.25, -0.2) is 4.79 Å². The highest BCUT2D eigenvalue weighted by Crippen LogP contribution is 2.14. The van der Waals surface area contributed by atoms with Gasteiger partial charge in [0.1, 0.15) is 11.8 Å². The van der Waals surface area contributed by atoms with Crippen LogP contribution in [-0.4, -0.2) is 41.7 Å². The fourth-order valence-corrected chi connectivity index (χ4v) is 2.14. The number of rotatable bonds is 5. The summed E-state index contributed by atoms with van der Waals surface area (Å²) in [6.07, 6.45) is 0. The van der Waals surface area contributed by atoms with E-state index in [1.54, 1.807) is 6.07 Å². The topological polar surface area (TPSA) is 121 Å². The van der Waals surface area contributed by atoms with Crippen LogP contribution in [0, 0.1) is 0 Å². The van der Waals surface area contributed by atoms with E-state index in [-0.39, 0.29) is 10.6 Å². The number of halogens is 1. The molecule has 1 aromatic rings. The summed E-state index contributed by atoms with van der Waals surface area (Å²) in [7, 11) is -4.53. The van der Waals surface area contributed by atoms with Crippen LogP contribution in [0.5, 0.6) is 0 Å². The minimum atomic E-state index is -4.53. The van der Waals surface area contributed by atoms with Gasteiger partial charge in [-0.1, -0.05) is 23.7 Å². The Morgan fingerprint density at radius 1 is 1.32 bits per heavy atom. The predicted octanol–water partition coefficient (Wildman–Crippen LogP) is 0.411. The Labute approximate surface area is 113 Å². The second-order valence-electron chi connectivity index (χ2n) is 3.59. The Morgan fingerprint density at radius 2 is 1.89 bits per heavy atom. The molecule has 9 heteroatoms. The van der Waals surface area contributed by atoms with E-state index in [0.717, 1.165) is 0 Å². The zero-order valence-corrected chi connectivity index (χ0v) is 11.0. The summed E-state index contributed by atoms with van der Waals surface area (Å²) in [5.74, 6) is -3.56. The van der Waals surface area contributed by atoms with Gasteiger partial charge in [0.2, 0.25) is 0 Å². The molecule has 19 heavy (non-hydrogen) atoms. The summed E-state index contributed by atoms with van der Waals surface area (Å²) in [6, 6.07) is 4.10. The average molecular weight is 308 g/mol. The van der Waals surface area contributed by atoms with Crippen molar-refractivity contribution in [1.29, 1.82) is 0 Å². The van der Waals surface area contributed by atoms with Gasteiger partial charge in [-0.2, -0.15) is 8.42 Å². The second kappa shape index (κ2) is 6.00. The Balaban J connectivity index is 2.89. The molecule has 7 nitrogen and oxygen atoms in total. The van der Waals surface area contributed by atoms with Crippen molar-refractivity contribution < 1.29 is 27.7 Å². The molecular formula is C10H10ClNO6S. The third-order valence-corrected chi connectivity index (χ3v) is 3.18. The van der Waals surface area contributed by atoms with Gasteiger partial charge in [0, 0.05) is 0 Å². The number of hydrogen-bond donors (Lipinski definition) is 3. The van der Waals surface area contributed by atoms with Gasteiger partial charge in [0.15, 0.2) is 0 Å². The third kappa shape index (κ3) is 4.86. The SMILES string of the molecule is O=C(NC(CS(=O)(=O)O)C(=O)O)c1ccccc1Cl. The maximum Gasteiger partial charge on any atom is 0.327 e. The summed E-state index contributed by atoms with van der Waals surface area (Å²) in [5, 5.41) is 10.8. The molecular weight excluding hydrogens is 298 g/mol. The molecule has 1 atom stereocenters. The van der Waals surface area contributed by atoms with E-state index in [1.807, 2.05) is 5.32 Å². The van der Waals surface area contributed by atoms with Crippen LogP contribution in [0.3, 0.4) is 0 Å². The van der Waals surface area contributed by atoms with Crippen LogP contribution < -0.4 is 5.32 Å². The standard InChI is InChI=1S/C10H10ClNO6S/c11-7-4-2-1-3-6(7)9(13)12-8(10(14)15)5-19(16,17)18/h1-4,8H,5H2,(H,12,13)(H,14,15)(H,16,17,18). The van der Waals surface area contributed by atoms with Crippen molar-refractivity contribution in [3.8, 4) is 0 Å². The van der Waals surface area contributed by atoms with Crippen molar-refractivity contribution in [1.82, 2.24) is 5.32 Å². The molecule has 3 N–H and O–H groups in total. The average Bonchev–Trinajstić information content (AvgIpc) is 2.26. The van der Waals surface area contributed by atoms with Crippen molar-refractivity contribution in [2.75, 3.05) is 5.75 Å². The lowest BCUT2D eigenvalue weighted by molar-refractivity contribution is -0.138. The number of carbonyl (C=O) groups excluding carboxylic acids is 1. The molecule has 0 saturated carbocycles. The number of benzene rings is 1. The van der Waals surface area contributed by atoms with Crippen LogP contribution >= 0.6 is 11.6 Å². The number of hydrogen-bond acceptors (Lipinski definition) is 4. The number of carbonyl (C=O) groups is 2. The Kier molecular flexibility index (Phi) is 4.87. The second-order valence-corrected chi connectivity index (χ2v) is 5.50. The molecule has 0 spiro atoms. The van der Waals surface area contributed by atoms with E-state index >= 15 is 0 Å². The highest BCUT2D eigenvalue weighted by atomic mass is 35.5. The van der Waals surface area contributed by atoms with Crippen LogP contribution in [-0.2, 0) is 14.9 Å². The van der Waals surface area contributed by atoms with Crippen LogP contribution in [0.2, 0.25) is 5.02 Å². The molecule has 0 bridgehead atoms. The first kappa shape index (κ1) is 15.4. The molecule has 1 rings (SSSR count). The fraction of sp³-hybridized carbons (Fsp3) is 0.200. The lowest BCUT2D eigenvalue weighted by Gasteiger charge is -2.13. The minimum absolute atomic E-state index is 0.00533. The number of aliphatic carboxylic acids is 1. The summed E-state index contributed by atoms with van der Waals surface area (Å²) in [5.41, 5.74) is 0.00533. The fourth-order valence-electron chi connectivity index (χ4n) is 1.27. The quantitative estimate of drug-likeness (QED) is 0.678. The number of carboxylic acid groups (broad SMARTS) is 1. The van der Waals surface area contributed by atoms with Crippen molar-refractivity contribution in [2.45, 2.75) is 6.04 Å². The summed E-state index contributed by atoms with van der Waals surface area (Å²) in [6.45, 7) is 0. The first-order valence-electron chi connectivity index (χ1n) is 4.94. The number of nitrogens with one attached hydrogen (secondary N) is 1. The van der Waals surface area contributed by atoms with Gasteiger partial charge < -0.3 is 10.4 Å². The lowest BCUT2D eigenvalue weighted by Crippen LogP contribution is -2.45. The van der Waals surface area contributed by atoms with Crippen molar-refractivity contribution in [3.05, 3.63) is 34.9 Å². The van der Waals surface area contributed by atoms with Gasteiger partial charge in [-0.05, 0) is 12.1 Å². The van der Waals surface area contributed by atoms with Crippen LogP contribution in [0.4, 0.5) is 0 Å². The van der Waals surface area contributed by atoms with E-state index < -0.39 is 33.8 Å². The maximum atomic E-state index is 11.7. The Hall–Kier alpha value is -1.64. The van der Waals surface area contributed by atoms with E-state index in [1.165, 1.54) is 18.2 Å². The molecule has 1 aromatic carbocycles. The van der Waals surface area contributed by atoms with Crippen LogP contribution in [0.25, 0.3) is 0 Å². The molecule has 0 aromatic heterocycles. The zero-order valence-electron chi connectivity index (χ0n) is 9.41. The number of amides is 1. The highest BCUT2D eigenvalue weighted by molar-refractivity contribution is 7.85. The molecule has 0 aliphatic heterocycles. The van der Waals surface area contributed by atoms with Crippen molar-refractivity contribution >= 4 is 33.6 Å². The summed E-state index contributed by atoms with van der Waals surface area (Å²) < 4.78 is 29.9. The predicted molar refractivity (Wildman–Crippen MR) is 66.8 cm³/mol. The van der Waals surface area contributed by atoms with Crippen LogP contribution in [0.1, 0.15) is 10.4 Å². The molecule has 0 heterocycles. The van der Waals surface area contributed by atoms with Gasteiger partial charge in [-0.15, -0.1) is 0 Å². The minimum Gasteiger partial charge on any atom is -0.480 e. The van der Waals surface area contributed by atoms with Gasteiger partial charge in [0.25, 0.3) is 16.0 Å². The largest absolute Gasteiger partial charge is 0.480 e. The van der Waals surface area contributed by atoms with Gasteiger partial charge in [-0.3, -0.25) is 9.35 Å².